The molecule has 1 heterocycles. The van der Waals surface area contributed by atoms with Crippen LogP contribution in [0.3, 0.4) is 0 Å². The molecule has 0 aromatic heterocycles. The summed E-state index contributed by atoms with van der Waals surface area (Å²) in [6, 6.07) is 30.4. The van der Waals surface area contributed by atoms with Crippen molar-refractivity contribution in [1.82, 2.24) is 4.90 Å². The Morgan fingerprint density at radius 2 is 1.35 bits per heavy atom. The summed E-state index contributed by atoms with van der Waals surface area (Å²) < 4.78 is 0. The van der Waals surface area contributed by atoms with Gasteiger partial charge in [-0.3, -0.25) is 9.69 Å². The van der Waals surface area contributed by atoms with Crippen LogP contribution in [-0.2, 0) is 6.54 Å². The van der Waals surface area contributed by atoms with Crippen LogP contribution in [0, 0.1) is 5.92 Å². The molecule has 0 N–H and O–H groups in total. The maximum Gasteiger partial charge on any atom is 0.258 e. The third-order valence-corrected chi connectivity index (χ3v) is 6.05. The molecule has 3 aromatic carbocycles. The Balaban J connectivity index is 0.00000272. The van der Waals surface area contributed by atoms with Crippen LogP contribution in [0.4, 0.5) is 5.69 Å². The number of hydrogen-bond donors (Lipinski definition) is 0. The highest BCUT2D eigenvalue weighted by molar-refractivity contribution is 6.06. The van der Waals surface area contributed by atoms with Gasteiger partial charge in [0.1, 0.15) is 0 Å². The van der Waals surface area contributed by atoms with Gasteiger partial charge in [0, 0.05) is 24.3 Å². The molecule has 0 saturated carbocycles. The molecule has 4 heteroatoms. The molecule has 0 unspecified atom stereocenters. The van der Waals surface area contributed by atoms with E-state index in [2.05, 4.69) is 35.2 Å². The minimum Gasteiger partial charge on any atom is -1.00 e. The first-order chi connectivity index (χ1) is 14.8. The molecule has 1 aliphatic rings. The van der Waals surface area contributed by atoms with Crippen molar-refractivity contribution in [2.45, 2.75) is 25.8 Å². The van der Waals surface area contributed by atoms with Gasteiger partial charge in [0.25, 0.3) is 5.91 Å². The van der Waals surface area contributed by atoms with Crippen molar-refractivity contribution in [1.29, 1.82) is 0 Å². The summed E-state index contributed by atoms with van der Waals surface area (Å²) in [4.78, 5) is 17.7. The summed E-state index contributed by atoms with van der Waals surface area (Å²) in [5.74, 6) is 0.759. The maximum atomic E-state index is 13.2. The molecule has 0 atom stereocenters. The van der Waals surface area contributed by atoms with Gasteiger partial charge in [0.15, 0.2) is 0 Å². The normalized spacial score (nSPS) is 14.6. The molecule has 3 aromatic rings. The summed E-state index contributed by atoms with van der Waals surface area (Å²) in [5.41, 5.74) is 3.12. The molecule has 1 saturated heterocycles. The number of hydrogen-bond acceptors (Lipinski definition) is 2. The molecular formula is C27H30ClN2O-. The second-order valence-electron chi connectivity index (χ2n) is 8.15. The molecule has 3 nitrogen and oxygen atoms in total. The van der Waals surface area contributed by atoms with Gasteiger partial charge in [-0.15, -0.1) is 0 Å². The highest BCUT2D eigenvalue weighted by atomic mass is 35.5. The Hall–Kier alpha value is -2.62. The van der Waals surface area contributed by atoms with Crippen molar-refractivity contribution in [3.8, 4) is 0 Å². The number of amides is 1. The molecule has 1 fully saturated rings. The largest absolute Gasteiger partial charge is 1.00 e. The van der Waals surface area contributed by atoms with Crippen LogP contribution in [0.2, 0.25) is 0 Å². The van der Waals surface area contributed by atoms with E-state index in [0.29, 0.717) is 5.92 Å². The fourth-order valence-corrected chi connectivity index (χ4v) is 4.28. The lowest BCUT2D eigenvalue weighted by molar-refractivity contribution is -0.0000137. The zero-order valence-electron chi connectivity index (χ0n) is 17.9. The second-order valence-corrected chi connectivity index (χ2v) is 8.15. The lowest BCUT2D eigenvalue weighted by Crippen LogP contribution is -3.00. The molecule has 162 valence electrons. The zero-order chi connectivity index (χ0) is 20.6. The molecule has 31 heavy (non-hydrogen) atoms. The van der Waals surface area contributed by atoms with Crippen LogP contribution in [0.1, 0.15) is 35.2 Å². The van der Waals surface area contributed by atoms with E-state index < -0.39 is 0 Å². The predicted octanol–water partition coefficient (Wildman–Crippen LogP) is 2.64. The number of anilines is 1. The van der Waals surface area contributed by atoms with E-state index >= 15 is 0 Å². The van der Waals surface area contributed by atoms with Gasteiger partial charge < -0.3 is 17.3 Å². The number of para-hydroxylation sites is 1. The van der Waals surface area contributed by atoms with Gasteiger partial charge >= 0.3 is 0 Å². The lowest BCUT2D eigenvalue weighted by Gasteiger charge is -2.33. The average molecular weight is 434 g/mol. The van der Waals surface area contributed by atoms with Gasteiger partial charge in [0.2, 0.25) is 0 Å². The summed E-state index contributed by atoms with van der Waals surface area (Å²) in [6.07, 6.45) is 3.45. The van der Waals surface area contributed by atoms with E-state index in [1.165, 1.54) is 18.4 Å². The standard InChI is InChI=1S/C27H30N2O.ClH/c30-27(25-12-6-2-7-13-25)29(26-14-8-3-9-15-26)21-18-23-16-19-28(20-17-23)22-24-10-4-1-5-11-24;/h1-15,23H,16-22H2;1H/p-1. The van der Waals surface area contributed by atoms with Crippen LogP contribution in [0.25, 0.3) is 0 Å². The topological polar surface area (TPSA) is 23.6 Å². The van der Waals surface area contributed by atoms with Gasteiger partial charge in [0.05, 0.1) is 0 Å². The van der Waals surface area contributed by atoms with Crippen molar-refractivity contribution in [2.75, 3.05) is 24.5 Å². The fourth-order valence-electron chi connectivity index (χ4n) is 4.28. The Labute approximate surface area is 192 Å². The maximum absolute atomic E-state index is 13.2. The second kappa shape index (κ2) is 11.7. The Kier molecular flexibility index (Phi) is 8.69. The molecular weight excluding hydrogens is 404 g/mol. The lowest BCUT2D eigenvalue weighted by atomic mass is 9.93. The van der Waals surface area contributed by atoms with E-state index in [0.717, 1.165) is 43.9 Å². The molecule has 0 aliphatic carbocycles. The Morgan fingerprint density at radius 1 is 0.806 bits per heavy atom. The van der Waals surface area contributed by atoms with E-state index in [1.54, 1.807) is 0 Å². The number of nitrogens with zero attached hydrogens (tertiary/aromatic N) is 2. The molecule has 4 rings (SSSR count). The molecule has 0 spiro atoms. The van der Waals surface area contributed by atoms with Crippen molar-refractivity contribution >= 4 is 11.6 Å². The van der Waals surface area contributed by atoms with E-state index in [4.69, 9.17) is 0 Å². The van der Waals surface area contributed by atoms with Crippen LogP contribution >= 0.6 is 0 Å². The minimum absolute atomic E-state index is 0. The van der Waals surface area contributed by atoms with Crippen LogP contribution in [0.15, 0.2) is 91.0 Å². The first-order valence-corrected chi connectivity index (χ1v) is 11.0. The average Bonchev–Trinajstić information content (AvgIpc) is 2.82. The zero-order valence-corrected chi connectivity index (χ0v) is 18.6. The fraction of sp³-hybridized carbons (Fsp3) is 0.296. The monoisotopic (exact) mass is 433 g/mol. The molecule has 1 aliphatic heterocycles. The quantitative estimate of drug-likeness (QED) is 0.572. The first kappa shape index (κ1) is 23.1. The van der Waals surface area contributed by atoms with Crippen molar-refractivity contribution in [2.24, 2.45) is 5.92 Å². The van der Waals surface area contributed by atoms with Crippen LogP contribution in [0.5, 0.6) is 0 Å². The SMILES string of the molecule is O=C(c1ccccc1)N(CCC1CCN(Cc2ccccc2)CC1)c1ccccc1.[Cl-]. The first-order valence-electron chi connectivity index (χ1n) is 11.0. The molecule has 1 amide bonds. The van der Waals surface area contributed by atoms with Gasteiger partial charge in [-0.2, -0.15) is 0 Å². The van der Waals surface area contributed by atoms with Crippen LogP contribution in [-0.4, -0.2) is 30.4 Å². The third-order valence-electron chi connectivity index (χ3n) is 6.05. The van der Waals surface area contributed by atoms with Gasteiger partial charge in [-0.25, -0.2) is 0 Å². The summed E-state index contributed by atoms with van der Waals surface area (Å²) in [7, 11) is 0. The third kappa shape index (κ3) is 6.43. The van der Waals surface area contributed by atoms with E-state index in [-0.39, 0.29) is 18.3 Å². The van der Waals surface area contributed by atoms with Crippen LogP contribution < -0.4 is 17.3 Å². The number of halogens is 1. The highest BCUT2D eigenvalue weighted by Gasteiger charge is 2.22. The smallest absolute Gasteiger partial charge is 0.258 e. The van der Waals surface area contributed by atoms with Gasteiger partial charge in [-0.1, -0.05) is 66.7 Å². The number of carbonyl (C=O) groups is 1. The van der Waals surface area contributed by atoms with Gasteiger partial charge in [-0.05, 0) is 68.1 Å². The van der Waals surface area contributed by atoms with Crippen molar-refractivity contribution in [3.05, 3.63) is 102 Å². The van der Waals surface area contributed by atoms with E-state index in [9.17, 15) is 4.79 Å². The molecule has 0 radical (unpaired) electrons. The number of carbonyl (C=O) groups excluding carboxylic acids is 1. The predicted molar refractivity (Wildman–Crippen MR) is 124 cm³/mol. The van der Waals surface area contributed by atoms with Crippen molar-refractivity contribution in [3.63, 3.8) is 0 Å². The number of rotatable bonds is 7. The summed E-state index contributed by atoms with van der Waals surface area (Å²) >= 11 is 0. The Morgan fingerprint density at radius 3 is 1.97 bits per heavy atom. The molecule has 0 bridgehead atoms. The van der Waals surface area contributed by atoms with Crippen molar-refractivity contribution < 1.29 is 17.2 Å². The minimum atomic E-state index is 0. The number of piperidine rings is 1. The number of benzene rings is 3. The summed E-state index contributed by atoms with van der Waals surface area (Å²) in [5, 5.41) is 0. The number of likely N-dealkylation sites (tertiary alicyclic amines) is 1. The van der Waals surface area contributed by atoms with E-state index in [1.807, 2.05) is 65.6 Å². The summed E-state index contributed by atoms with van der Waals surface area (Å²) in [6.45, 7) is 4.08. The highest BCUT2D eigenvalue weighted by Crippen LogP contribution is 2.24. The Bertz CT molecular complexity index is 910.